The van der Waals surface area contributed by atoms with Crippen LogP contribution in [0.15, 0.2) is 18.2 Å². The number of halogens is 1. The number of benzene rings is 1. The van der Waals surface area contributed by atoms with Gasteiger partial charge in [0, 0.05) is 19.0 Å². The topological polar surface area (TPSA) is 43.8 Å². The van der Waals surface area contributed by atoms with Crippen LogP contribution in [0.4, 0.5) is 0 Å². The molecular weight excluding hydrogens is 282 g/mol. The molecule has 4 heteroatoms. The second-order valence-corrected chi connectivity index (χ2v) is 6.14. The van der Waals surface area contributed by atoms with Crippen molar-refractivity contribution < 1.29 is 0 Å². The van der Waals surface area contributed by atoms with Crippen molar-refractivity contribution in [2.75, 3.05) is 0 Å². The molecule has 1 atom stereocenters. The minimum absolute atomic E-state index is 0.0457. The zero-order valence-electron chi connectivity index (χ0n) is 13.3. The van der Waals surface area contributed by atoms with Gasteiger partial charge in [-0.15, -0.1) is 0 Å². The van der Waals surface area contributed by atoms with Gasteiger partial charge in [-0.2, -0.15) is 5.10 Å². The van der Waals surface area contributed by atoms with Crippen LogP contribution in [0.25, 0.3) is 0 Å². The van der Waals surface area contributed by atoms with Gasteiger partial charge in [-0.05, 0) is 45.2 Å². The van der Waals surface area contributed by atoms with E-state index in [2.05, 4.69) is 44.1 Å². The maximum Gasteiger partial charge on any atom is 0.0847 e. The summed E-state index contributed by atoms with van der Waals surface area (Å²) in [6.07, 6.45) is 1.61. The summed E-state index contributed by atoms with van der Waals surface area (Å²) in [6, 6.07) is 6.56. The van der Waals surface area contributed by atoms with E-state index >= 15 is 0 Å². The molecule has 0 bridgehead atoms. The normalized spacial score (nSPS) is 12.7. The maximum absolute atomic E-state index is 6.36. The van der Waals surface area contributed by atoms with Gasteiger partial charge in [0.2, 0.25) is 0 Å². The van der Waals surface area contributed by atoms with Crippen LogP contribution in [0.5, 0.6) is 0 Å². The molecule has 1 aromatic carbocycles. The summed E-state index contributed by atoms with van der Waals surface area (Å²) in [5.74, 6) is 0. The van der Waals surface area contributed by atoms with Crippen LogP contribution < -0.4 is 5.73 Å². The lowest BCUT2D eigenvalue weighted by Crippen LogP contribution is -2.27. The summed E-state index contributed by atoms with van der Waals surface area (Å²) in [4.78, 5) is 0. The Morgan fingerprint density at radius 1 is 1.24 bits per heavy atom. The van der Waals surface area contributed by atoms with Gasteiger partial charge in [-0.1, -0.05) is 35.4 Å². The first kappa shape index (κ1) is 16.1. The highest BCUT2D eigenvalue weighted by molar-refractivity contribution is 6.31. The van der Waals surface area contributed by atoms with Crippen molar-refractivity contribution in [3.05, 3.63) is 51.3 Å². The summed E-state index contributed by atoms with van der Waals surface area (Å²) in [6.45, 7) is 9.07. The van der Waals surface area contributed by atoms with Gasteiger partial charge in [0.25, 0.3) is 0 Å². The molecular formula is C17H24ClN3. The average molecular weight is 306 g/mol. The molecule has 0 radical (unpaired) electrons. The molecule has 0 saturated heterocycles. The Balaban J connectivity index is 2.15. The summed E-state index contributed by atoms with van der Waals surface area (Å²) < 4.78 is 1.96. The number of aryl methyl sites for hydroxylation is 4. The molecule has 3 nitrogen and oxygen atoms in total. The summed E-state index contributed by atoms with van der Waals surface area (Å²) in [5.41, 5.74) is 12.2. The van der Waals surface area contributed by atoms with E-state index in [1.165, 1.54) is 16.7 Å². The molecule has 0 aliphatic carbocycles. The quantitative estimate of drug-likeness (QED) is 0.917. The fourth-order valence-corrected chi connectivity index (χ4v) is 2.90. The third kappa shape index (κ3) is 3.66. The van der Waals surface area contributed by atoms with Crippen molar-refractivity contribution in [1.29, 1.82) is 0 Å². The first-order valence-corrected chi connectivity index (χ1v) is 7.83. The number of rotatable bonds is 5. The molecule has 1 unspecified atom stereocenters. The van der Waals surface area contributed by atoms with E-state index < -0.39 is 0 Å². The van der Waals surface area contributed by atoms with Gasteiger partial charge in [0.15, 0.2) is 0 Å². The Kier molecular flexibility index (Phi) is 5.07. The van der Waals surface area contributed by atoms with E-state index in [4.69, 9.17) is 17.3 Å². The first-order chi connectivity index (χ1) is 9.92. The van der Waals surface area contributed by atoms with Gasteiger partial charge < -0.3 is 5.73 Å². The number of hydrogen-bond donors (Lipinski definition) is 1. The first-order valence-electron chi connectivity index (χ1n) is 7.45. The molecule has 0 fully saturated rings. The van der Waals surface area contributed by atoms with E-state index in [0.29, 0.717) is 0 Å². The van der Waals surface area contributed by atoms with Crippen molar-refractivity contribution in [1.82, 2.24) is 9.78 Å². The molecule has 0 spiro atoms. The van der Waals surface area contributed by atoms with Crippen LogP contribution in [-0.4, -0.2) is 15.8 Å². The van der Waals surface area contributed by atoms with Crippen molar-refractivity contribution in [2.24, 2.45) is 5.73 Å². The van der Waals surface area contributed by atoms with Crippen LogP contribution in [0.3, 0.4) is 0 Å². The summed E-state index contributed by atoms with van der Waals surface area (Å²) >= 11 is 6.36. The molecule has 2 N–H and O–H groups in total. The molecule has 2 aromatic rings. The molecule has 0 aliphatic heterocycles. The van der Waals surface area contributed by atoms with Crippen molar-refractivity contribution in [3.63, 3.8) is 0 Å². The lowest BCUT2D eigenvalue weighted by molar-refractivity contribution is 0.574. The van der Waals surface area contributed by atoms with Gasteiger partial charge in [-0.3, -0.25) is 4.68 Å². The fourth-order valence-electron chi connectivity index (χ4n) is 2.69. The van der Waals surface area contributed by atoms with E-state index in [1.54, 1.807) is 0 Å². The van der Waals surface area contributed by atoms with Crippen LogP contribution >= 0.6 is 11.6 Å². The number of hydrogen-bond acceptors (Lipinski definition) is 2. The van der Waals surface area contributed by atoms with Gasteiger partial charge in [0.1, 0.15) is 0 Å². The van der Waals surface area contributed by atoms with Crippen molar-refractivity contribution in [2.45, 2.75) is 53.1 Å². The predicted octanol–water partition coefficient (Wildman–Crippen LogP) is 3.59. The summed E-state index contributed by atoms with van der Waals surface area (Å²) in [5, 5.41) is 5.21. The lowest BCUT2D eigenvalue weighted by Gasteiger charge is -2.15. The minimum Gasteiger partial charge on any atom is -0.327 e. The largest absolute Gasteiger partial charge is 0.327 e. The van der Waals surface area contributed by atoms with E-state index in [-0.39, 0.29) is 6.04 Å². The van der Waals surface area contributed by atoms with Gasteiger partial charge >= 0.3 is 0 Å². The van der Waals surface area contributed by atoms with Gasteiger partial charge in [0.05, 0.1) is 16.4 Å². The molecule has 0 saturated carbocycles. The molecule has 1 heterocycles. The average Bonchev–Trinajstić information content (AvgIpc) is 2.70. The van der Waals surface area contributed by atoms with Crippen LogP contribution in [0.2, 0.25) is 5.02 Å². The molecule has 0 amide bonds. The van der Waals surface area contributed by atoms with Crippen LogP contribution in [0, 0.1) is 20.8 Å². The fraction of sp³-hybridized carbons (Fsp3) is 0.471. The molecule has 2 rings (SSSR count). The molecule has 0 aliphatic rings. The monoisotopic (exact) mass is 305 g/mol. The zero-order valence-corrected chi connectivity index (χ0v) is 14.0. The Morgan fingerprint density at radius 3 is 2.62 bits per heavy atom. The molecule has 114 valence electrons. The second-order valence-electron chi connectivity index (χ2n) is 5.76. The highest BCUT2D eigenvalue weighted by atomic mass is 35.5. The third-order valence-electron chi connectivity index (χ3n) is 3.90. The number of nitrogens with two attached hydrogens (primary N) is 1. The van der Waals surface area contributed by atoms with E-state index in [9.17, 15) is 0 Å². The van der Waals surface area contributed by atoms with E-state index in [1.807, 2.05) is 11.6 Å². The Labute approximate surface area is 132 Å². The zero-order chi connectivity index (χ0) is 15.6. The lowest BCUT2D eigenvalue weighted by atomic mass is 9.97. The smallest absolute Gasteiger partial charge is 0.0847 e. The Bertz CT molecular complexity index is 631. The predicted molar refractivity (Wildman–Crippen MR) is 88.9 cm³/mol. The second kappa shape index (κ2) is 6.63. The van der Waals surface area contributed by atoms with Gasteiger partial charge in [-0.25, -0.2) is 0 Å². The van der Waals surface area contributed by atoms with Crippen molar-refractivity contribution in [3.8, 4) is 0 Å². The highest BCUT2D eigenvalue weighted by Crippen LogP contribution is 2.22. The minimum atomic E-state index is 0.0457. The maximum atomic E-state index is 6.36. The van der Waals surface area contributed by atoms with Crippen LogP contribution in [-0.2, 0) is 19.4 Å². The standard InChI is InChI=1S/C17H24ClN3/c1-5-21-16(17(18)13(4)20-21)10-15(19)9-14-8-11(2)6-7-12(14)3/h6-8,15H,5,9-10,19H2,1-4H3. The molecule has 21 heavy (non-hydrogen) atoms. The SMILES string of the molecule is CCn1nc(C)c(Cl)c1CC(N)Cc1cc(C)ccc1C. The van der Waals surface area contributed by atoms with Crippen molar-refractivity contribution >= 4 is 11.6 Å². The highest BCUT2D eigenvalue weighted by Gasteiger charge is 2.16. The molecule has 1 aromatic heterocycles. The summed E-state index contributed by atoms with van der Waals surface area (Å²) in [7, 11) is 0. The number of aromatic nitrogens is 2. The van der Waals surface area contributed by atoms with Crippen LogP contribution in [0.1, 0.15) is 35.0 Å². The Hall–Kier alpha value is -1.32. The third-order valence-corrected chi connectivity index (χ3v) is 4.39. The number of nitrogens with zero attached hydrogens (tertiary/aromatic N) is 2. The Morgan fingerprint density at radius 2 is 1.95 bits per heavy atom. The van der Waals surface area contributed by atoms with E-state index in [0.717, 1.165) is 35.8 Å².